The lowest BCUT2D eigenvalue weighted by molar-refractivity contribution is 0.0950. The van der Waals surface area contributed by atoms with Crippen molar-refractivity contribution in [2.75, 3.05) is 6.54 Å². The van der Waals surface area contributed by atoms with Gasteiger partial charge in [0.2, 0.25) is 0 Å². The average molecular weight is 314 g/mol. The van der Waals surface area contributed by atoms with Crippen LogP contribution < -0.4 is 11.1 Å². The minimum Gasteiger partial charge on any atom is -0.350 e. The highest BCUT2D eigenvalue weighted by atomic mass is 32.1. The summed E-state index contributed by atoms with van der Waals surface area (Å²) in [6, 6.07) is 9.71. The first-order valence-corrected chi connectivity index (χ1v) is 8.71. The summed E-state index contributed by atoms with van der Waals surface area (Å²) in [5.74, 6) is 0.743. The van der Waals surface area contributed by atoms with Crippen molar-refractivity contribution in [2.45, 2.75) is 32.2 Å². The van der Waals surface area contributed by atoms with Crippen LogP contribution in [0.5, 0.6) is 0 Å². The van der Waals surface area contributed by atoms with Gasteiger partial charge in [0.1, 0.15) is 0 Å². The Bertz CT molecular complexity index is 650. The molecule has 0 aliphatic heterocycles. The van der Waals surface area contributed by atoms with E-state index in [4.69, 9.17) is 5.73 Å². The molecule has 1 aromatic carbocycles. The highest BCUT2D eigenvalue weighted by molar-refractivity contribution is 7.10. The van der Waals surface area contributed by atoms with Crippen molar-refractivity contribution >= 4 is 17.2 Å². The minimum atomic E-state index is -0.167. The summed E-state index contributed by atoms with van der Waals surface area (Å²) >= 11 is 1.72. The van der Waals surface area contributed by atoms with Gasteiger partial charge in [-0.1, -0.05) is 37.3 Å². The number of nitrogens with one attached hydrogen (secondary N) is 1. The number of carbonyl (C=O) groups is 1. The van der Waals surface area contributed by atoms with E-state index in [9.17, 15) is 4.79 Å². The third-order valence-corrected chi connectivity index (χ3v) is 5.41. The maximum absolute atomic E-state index is 12.4. The van der Waals surface area contributed by atoms with E-state index in [1.54, 1.807) is 11.3 Å². The summed E-state index contributed by atoms with van der Waals surface area (Å²) in [6.45, 7) is 2.74. The van der Waals surface area contributed by atoms with Crippen LogP contribution in [0.3, 0.4) is 0 Å². The molecule has 0 saturated heterocycles. The summed E-state index contributed by atoms with van der Waals surface area (Å²) in [5.41, 5.74) is 9.30. The zero-order valence-electron chi connectivity index (χ0n) is 12.8. The van der Waals surface area contributed by atoms with E-state index in [2.05, 4.69) is 12.2 Å². The predicted molar refractivity (Wildman–Crippen MR) is 91.2 cm³/mol. The maximum Gasteiger partial charge on any atom is 0.252 e. The molecule has 0 bridgehead atoms. The molecule has 2 atom stereocenters. The van der Waals surface area contributed by atoms with Crippen molar-refractivity contribution < 1.29 is 4.79 Å². The number of thiophene rings is 1. The van der Waals surface area contributed by atoms with E-state index in [0.29, 0.717) is 6.54 Å². The van der Waals surface area contributed by atoms with Crippen LogP contribution in [0, 0.1) is 5.92 Å². The molecule has 3 nitrogen and oxygen atoms in total. The van der Waals surface area contributed by atoms with E-state index in [0.717, 1.165) is 29.9 Å². The molecule has 0 fully saturated rings. The van der Waals surface area contributed by atoms with E-state index in [1.165, 1.54) is 16.9 Å². The number of amides is 1. The first kappa shape index (κ1) is 15.3. The van der Waals surface area contributed by atoms with Crippen LogP contribution in [-0.4, -0.2) is 12.5 Å². The Morgan fingerprint density at radius 2 is 2.18 bits per heavy atom. The Morgan fingerprint density at radius 1 is 1.41 bits per heavy atom. The van der Waals surface area contributed by atoms with Gasteiger partial charge in [-0.3, -0.25) is 4.79 Å². The largest absolute Gasteiger partial charge is 0.350 e. The molecule has 1 heterocycles. The molecule has 4 heteroatoms. The molecule has 22 heavy (non-hydrogen) atoms. The van der Waals surface area contributed by atoms with Crippen LogP contribution in [0.4, 0.5) is 0 Å². The molecular formula is C18H22N2OS. The number of benzene rings is 1. The quantitative estimate of drug-likeness (QED) is 0.910. The van der Waals surface area contributed by atoms with Crippen LogP contribution in [-0.2, 0) is 12.8 Å². The second-order valence-corrected chi connectivity index (χ2v) is 7.09. The molecule has 3 rings (SSSR count). The standard InChI is InChI=1S/C18H22N2OS/c1-12-7-8-14-15(11-22-17(14)9-12)18(21)20-10-16(19)13-5-3-2-4-6-13/h2-6,11-12,16H,7-10,19H2,1H3,(H,20,21). The fourth-order valence-corrected chi connectivity index (χ4v) is 4.23. The third-order valence-electron chi connectivity index (χ3n) is 4.36. The van der Waals surface area contributed by atoms with Crippen molar-refractivity contribution in [3.8, 4) is 0 Å². The van der Waals surface area contributed by atoms with Gasteiger partial charge in [0.15, 0.2) is 0 Å². The van der Waals surface area contributed by atoms with Crippen LogP contribution in [0.15, 0.2) is 35.7 Å². The Balaban J connectivity index is 1.63. The van der Waals surface area contributed by atoms with Crippen molar-refractivity contribution in [1.82, 2.24) is 5.32 Å². The lowest BCUT2D eigenvalue weighted by atomic mass is 9.88. The number of fused-ring (bicyclic) bond motifs is 1. The molecule has 0 spiro atoms. The van der Waals surface area contributed by atoms with Gasteiger partial charge in [-0.25, -0.2) is 0 Å². The third kappa shape index (κ3) is 3.23. The average Bonchev–Trinajstić information content (AvgIpc) is 2.96. The molecule has 1 aliphatic carbocycles. The summed E-state index contributed by atoms with van der Waals surface area (Å²) in [5, 5.41) is 4.99. The monoisotopic (exact) mass is 314 g/mol. The lowest BCUT2D eigenvalue weighted by Crippen LogP contribution is -2.32. The van der Waals surface area contributed by atoms with Crippen molar-refractivity contribution in [3.05, 3.63) is 57.3 Å². The molecule has 1 aliphatic rings. The smallest absolute Gasteiger partial charge is 0.252 e. The molecule has 2 aromatic rings. The lowest BCUT2D eigenvalue weighted by Gasteiger charge is -2.19. The Hall–Kier alpha value is -1.65. The van der Waals surface area contributed by atoms with E-state index < -0.39 is 0 Å². The van der Waals surface area contributed by atoms with Crippen LogP contribution in [0.25, 0.3) is 0 Å². The summed E-state index contributed by atoms with van der Waals surface area (Å²) in [4.78, 5) is 13.8. The minimum absolute atomic E-state index is 0.0124. The molecule has 116 valence electrons. The SMILES string of the molecule is CC1CCc2c(C(=O)NCC(N)c3ccccc3)csc2C1. The first-order chi connectivity index (χ1) is 10.6. The number of nitrogens with two attached hydrogens (primary N) is 1. The second kappa shape index (κ2) is 6.63. The zero-order chi connectivity index (χ0) is 15.5. The molecule has 3 N–H and O–H groups in total. The number of carbonyl (C=O) groups excluding carboxylic acids is 1. The van der Waals surface area contributed by atoms with Gasteiger partial charge >= 0.3 is 0 Å². The van der Waals surface area contributed by atoms with E-state index >= 15 is 0 Å². The fourth-order valence-electron chi connectivity index (χ4n) is 2.98. The topological polar surface area (TPSA) is 55.1 Å². The van der Waals surface area contributed by atoms with Gasteiger partial charge in [0.25, 0.3) is 5.91 Å². The molecular weight excluding hydrogens is 292 g/mol. The molecule has 0 saturated carbocycles. The van der Waals surface area contributed by atoms with Crippen molar-refractivity contribution in [2.24, 2.45) is 11.7 Å². The Kier molecular flexibility index (Phi) is 4.60. The van der Waals surface area contributed by atoms with Crippen LogP contribution in [0.2, 0.25) is 0 Å². The van der Waals surface area contributed by atoms with Crippen molar-refractivity contribution in [3.63, 3.8) is 0 Å². The number of hydrogen-bond donors (Lipinski definition) is 2. The summed E-state index contributed by atoms with van der Waals surface area (Å²) in [7, 11) is 0. The Morgan fingerprint density at radius 3 is 2.95 bits per heavy atom. The highest BCUT2D eigenvalue weighted by Gasteiger charge is 2.23. The normalized spacial score (nSPS) is 18.5. The van der Waals surface area contributed by atoms with Gasteiger partial charge in [-0.15, -0.1) is 11.3 Å². The van der Waals surface area contributed by atoms with Gasteiger partial charge in [-0.2, -0.15) is 0 Å². The van der Waals surface area contributed by atoms with Gasteiger partial charge in [0, 0.05) is 22.8 Å². The van der Waals surface area contributed by atoms with Gasteiger partial charge < -0.3 is 11.1 Å². The van der Waals surface area contributed by atoms with Gasteiger partial charge in [0.05, 0.1) is 5.56 Å². The van der Waals surface area contributed by atoms with Crippen LogP contribution in [0.1, 0.15) is 45.7 Å². The van der Waals surface area contributed by atoms with Crippen molar-refractivity contribution in [1.29, 1.82) is 0 Å². The zero-order valence-corrected chi connectivity index (χ0v) is 13.7. The summed E-state index contributed by atoms with van der Waals surface area (Å²) in [6.07, 6.45) is 3.30. The molecule has 1 amide bonds. The van der Waals surface area contributed by atoms with Crippen LogP contribution >= 0.6 is 11.3 Å². The molecule has 0 radical (unpaired) electrons. The molecule has 2 unspecified atom stereocenters. The molecule has 1 aromatic heterocycles. The second-order valence-electron chi connectivity index (χ2n) is 6.13. The Labute approximate surface area is 135 Å². The maximum atomic E-state index is 12.4. The fraction of sp³-hybridized carbons (Fsp3) is 0.389. The predicted octanol–water partition coefficient (Wildman–Crippen LogP) is 3.30. The first-order valence-electron chi connectivity index (χ1n) is 7.83. The number of rotatable bonds is 4. The summed E-state index contributed by atoms with van der Waals surface area (Å²) < 4.78 is 0. The van der Waals surface area contributed by atoms with E-state index in [1.807, 2.05) is 35.7 Å². The van der Waals surface area contributed by atoms with Gasteiger partial charge in [-0.05, 0) is 36.3 Å². The highest BCUT2D eigenvalue weighted by Crippen LogP contribution is 2.32. The van der Waals surface area contributed by atoms with E-state index in [-0.39, 0.29) is 11.9 Å². The number of hydrogen-bond acceptors (Lipinski definition) is 3.